The van der Waals surface area contributed by atoms with Crippen LogP contribution in [0.2, 0.25) is 0 Å². The topological polar surface area (TPSA) is 56.7 Å². The molecule has 6 aliphatic heterocycles. The number of benzene rings is 14. The fraction of sp³-hybridized carbons (Fsp3) is 0.0233. The Hall–Kier alpha value is -11.8. The molecule has 0 unspecified atom stereocenters. The van der Waals surface area contributed by atoms with E-state index < -0.39 is 0 Å². The Kier molecular flexibility index (Phi) is 10.6. The molecule has 18 aromatic rings. The Bertz CT molecular complexity index is 6670. The third-order valence-corrected chi connectivity index (χ3v) is 24.3. The Balaban J connectivity index is 0.768. The van der Waals surface area contributed by atoms with E-state index in [1.807, 2.05) is 0 Å². The van der Waals surface area contributed by atoms with Gasteiger partial charge < -0.3 is 33.1 Å². The van der Waals surface area contributed by atoms with E-state index in [-0.39, 0.29) is 20.1 Å². The second-order valence-corrected chi connectivity index (χ2v) is 28.9. The molecule has 100 heavy (non-hydrogen) atoms. The molecule has 14 aromatic carbocycles. The molecule has 0 radical (unpaired) electrons. The van der Waals surface area contributed by atoms with Gasteiger partial charge in [-0.2, -0.15) is 0 Å². The summed E-state index contributed by atoms with van der Waals surface area (Å²) in [5.74, 6) is 3.43. The van der Waals surface area contributed by atoms with Crippen LogP contribution in [0.15, 0.2) is 273 Å². The fourth-order valence-corrected chi connectivity index (χ4v) is 20.4. The maximum absolute atomic E-state index is 7.79. The van der Waals surface area contributed by atoms with E-state index in [4.69, 9.17) is 9.47 Å². The zero-order chi connectivity index (χ0) is 65.1. The van der Waals surface area contributed by atoms with Crippen molar-refractivity contribution in [3.8, 4) is 45.7 Å². The van der Waals surface area contributed by atoms with Crippen molar-refractivity contribution < 1.29 is 9.47 Å². The van der Waals surface area contributed by atoms with Gasteiger partial charge in [0, 0.05) is 102 Å². The van der Waals surface area contributed by atoms with Gasteiger partial charge in [-0.25, -0.2) is 0 Å². The maximum Gasteiger partial charge on any atom is 0.256 e. The number of nitrogens with one attached hydrogen (secondary N) is 1. The fourth-order valence-electron chi connectivity index (χ4n) is 19.0. The number of hydrogen-bond acceptors (Lipinski definition) is 7. The quantitative estimate of drug-likeness (QED) is 0.136. The number of hydrogen-bond donors (Lipinski definition) is 1. The number of anilines is 6. The second-order valence-electron chi connectivity index (χ2n) is 27.5. The van der Waals surface area contributed by atoms with Crippen LogP contribution in [0.5, 0.6) is 23.0 Å². The molecule has 0 aliphatic carbocycles. The highest BCUT2D eigenvalue weighted by atomic mass is 32.2. The first-order valence-electron chi connectivity index (χ1n) is 34.3. The standard InChI is InChI=1S/C86H52B3N7O2S2/c1-99-95-74-46-65-61(88-60-29-19-27-58-57-26-9-17-36-73(57)94(86(58)60)76-39-48(38-66(90-65)83(76)88)91-67-30-11-3-20-51(67)52-21-4-12-31-68(52)91)44-62(74)89-64-45-63-75(47-80(64)98-82-43-50(41-78(95)85(82)89)93-71-34-15-7-24-55(71)56-25-8-16-35-72(56)93)96(100-2)77-40-49(42-81-84(77)87(63)59-28-10-18-37-79(59)97-81)92-69-32-13-5-22-53(69)54-23-6-14-33-70(54)92/h3-47,90H,1-2H3. The van der Waals surface area contributed by atoms with Gasteiger partial charge in [0.2, 0.25) is 0 Å². The van der Waals surface area contributed by atoms with E-state index in [0.717, 1.165) is 118 Å². The number of para-hydroxylation sites is 9. The molecular weight excluding hydrogens is 1260 g/mol. The molecule has 0 amide bonds. The Morgan fingerprint density at radius 2 is 0.660 bits per heavy atom. The van der Waals surface area contributed by atoms with Gasteiger partial charge >= 0.3 is 0 Å². The molecule has 0 saturated heterocycles. The van der Waals surface area contributed by atoms with Crippen molar-refractivity contribution in [2.24, 2.45) is 0 Å². The van der Waals surface area contributed by atoms with Crippen molar-refractivity contribution in [3.05, 3.63) is 273 Å². The second kappa shape index (κ2) is 19.5. The minimum Gasteiger partial charge on any atom is -0.458 e. The van der Waals surface area contributed by atoms with Crippen LogP contribution in [-0.2, 0) is 0 Å². The van der Waals surface area contributed by atoms with Crippen molar-refractivity contribution in [3.63, 3.8) is 0 Å². The molecule has 0 fully saturated rings. The minimum absolute atomic E-state index is 0.111. The summed E-state index contributed by atoms with van der Waals surface area (Å²) in [6, 6.07) is 102. The summed E-state index contributed by atoms with van der Waals surface area (Å²) in [7, 11) is 0. The van der Waals surface area contributed by atoms with E-state index in [1.54, 1.807) is 23.9 Å². The number of aromatic nitrogens is 4. The molecule has 10 heterocycles. The summed E-state index contributed by atoms with van der Waals surface area (Å²) >= 11 is 3.48. The molecule has 1 N–H and O–H groups in total. The predicted molar refractivity (Wildman–Crippen MR) is 425 cm³/mol. The summed E-state index contributed by atoms with van der Waals surface area (Å²) in [4.78, 5) is 0. The first kappa shape index (κ1) is 54.2. The molecule has 464 valence electrons. The lowest BCUT2D eigenvalue weighted by atomic mass is 9.29. The van der Waals surface area contributed by atoms with E-state index in [0.29, 0.717) is 0 Å². The molecule has 0 saturated carbocycles. The van der Waals surface area contributed by atoms with Crippen LogP contribution in [0.1, 0.15) is 0 Å². The van der Waals surface area contributed by atoms with E-state index in [2.05, 4.69) is 318 Å². The number of fused-ring (bicyclic) bond motifs is 24. The molecule has 14 heteroatoms. The Morgan fingerprint density at radius 1 is 0.270 bits per heavy atom. The van der Waals surface area contributed by atoms with E-state index in [9.17, 15) is 0 Å². The molecule has 0 atom stereocenters. The normalized spacial score (nSPS) is 13.9. The zero-order valence-corrected chi connectivity index (χ0v) is 55.7. The molecule has 0 spiro atoms. The summed E-state index contributed by atoms with van der Waals surface area (Å²) in [5.41, 5.74) is 31.4. The van der Waals surface area contributed by atoms with Crippen molar-refractivity contribution in [2.75, 3.05) is 26.4 Å². The number of ether oxygens (including phenoxy) is 2. The van der Waals surface area contributed by atoms with Crippen LogP contribution < -0.4 is 72.6 Å². The van der Waals surface area contributed by atoms with E-state index in [1.165, 1.54) is 98.2 Å². The van der Waals surface area contributed by atoms with Gasteiger partial charge in [-0.15, -0.1) is 0 Å². The largest absolute Gasteiger partial charge is 0.458 e. The summed E-state index contributed by atoms with van der Waals surface area (Å²) in [5, 5.41) is 14.1. The van der Waals surface area contributed by atoms with Gasteiger partial charge in [-0.3, -0.25) is 8.61 Å². The third-order valence-electron chi connectivity index (χ3n) is 22.8. The monoisotopic (exact) mass is 1310 g/mol. The molecule has 6 aliphatic rings. The highest BCUT2D eigenvalue weighted by Gasteiger charge is 2.49. The SMILES string of the molecule is CSN1c2cc3c(cc2B2c4cc5c(cc4Oc4cc(-n6c7ccccc7c7ccccc76)cc1c42)N(SC)c1cc(-n2c4ccccc4c4ccccc42)cc2c1B5c1ccccc1O2)B1c2c(cc(-n4c5ccccc5c5ccccc54)cc2-n2c4ccccc4c4cccc1c42)N3. The smallest absolute Gasteiger partial charge is 0.256 e. The Labute approximate surface area is 583 Å². The van der Waals surface area contributed by atoms with Gasteiger partial charge in [0.25, 0.3) is 20.1 Å². The average molecular weight is 1310 g/mol. The first-order chi connectivity index (χ1) is 49.5. The number of nitrogens with zero attached hydrogens (tertiary/aromatic N) is 6. The molecule has 4 aromatic heterocycles. The summed E-state index contributed by atoms with van der Waals surface area (Å²) in [6.45, 7) is -0.505. The third kappa shape index (κ3) is 6.85. The zero-order valence-electron chi connectivity index (χ0n) is 54.0. The van der Waals surface area contributed by atoms with E-state index >= 15 is 0 Å². The highest BCUT2D eigenvalue weighted by Crippen LogP contribution is 2.49. The minimum atomic E-state index is -0.240. The van der Waals surface area contributed by atoms with Crippen LogP contribution in [0, 0.1) is 0 Å². The van der Waals surface area contributed by atoms with Crippen LogP contribution in [0.25, 0.3) is 110 Å². The lowest BCUT2D eigenvalue weighted by molar-refractivity contribution is 0.487. The molecule has 9 nitrogen and oxygen atoms in total. The number of rotatable bonds is 5. The van der Waals surface area contributed by atoms with Crippen LogP contribution in [0.3, 0.4) is 0 Å². The van der Waals surface area contributed by atoms with Crippen LogP contribution >= 0.6 is 23.9 Å². The predicted octanol–water partition coefficient (Wildman–Crippen LogP) is 15.7. The van der Waals surface area contributed by atoms with Crippen LogP contribution in [-0.4, -0.2) is 50.9 Å². The first-order valence-corrected chi connectivity index (χ1v) is 36.7. The summed E-state index contributed by atoms with van der Waals surface area (Å²) < 4.78 is 29.9. The molecule has 0 bridgehead atoms. The maximum atomic E-state index is 7.79. The molecule has 24 rings (SSSR count). The Morgan fingerprint density at radius 3 is 1.18 bits per heavy atom. The van der Waals surface area contributed by atoms with Gasteiger partial charge in [-0.1, -0.05) is 176 Å². The average Bonchev–Trinajstić information content (AvgIpc) is 1.05. The molecular formula is C86H52B3N7O2S2. The highest BCUT2D eigenvalue weighted by molar-refractivity contribution is 8.00. The summed E-state index contributed by atoms with van der Waals surface area (Å²) in [6.07, 6.45) is 4.43. The van der Waals surface area contributed by atoms with Gasteiger partial charge in [0.05, 0.1) is 72.7 Å². The lowest BCUT2D eigenvalue weighted by Crippen LogP contribution is -2.65. The van der Waals surface area contributed by atoms with Crippen molar-refractivity contribution in [1.29, 1.82) is 0 Å². The van der Waals surface area contributed by atoms with Crippen molar-refractivity contribution in [1.82, 2.24) is 18.3 Å². The van der Waals surface area contributed by atoms with Crippen molar-refractivity contribution in [2.45, 2.75) is 0 Å². The van der Waals surface area contributed by atoms with Gasteiger partial charge in [0.1, 0.15) is 23.0 Å². The lowest BCUT2D eigenvalue weighted by Gasteiger charge is -2.43. The van der Waals surface area contributed by atoms with Crippen LogP contribution in [0.4, 0.5) is 34.1 Å². The van der Waals surface area contributed by atoms with Gasteiger partial charge in [0.15, 0.2) is 0 Å². The van der Waals surface area contributed by atoms with Crippen molar-refractivity contribution >= 4 is 215 Å². The van der Waals surface area contributed by atoms with Gasteiger partial charge in [-0.05, 0) is 152 Å².